The van der Waals surface area contributed by atoms with Gasteiger partial charge in [-0.15, -0.1) is 0 Å². The SMILES string of the molecule is c1cncc(-c2ccc(N3CCNCC3)cn2)c1. The molecule has 4 nitrogen and oxygen atoms in total. The van der Waals surface area contributed by atoms with E-state index >= 15 is 0 Å². The second kappa shape index (κ2) is 5.14. The molecule has 3 heterocycles. The van der Waals surface area contributed by atoms with Crippen LogP contribution in [0.5, 0.6) is 0 Å². The summed E-state index contributed by atoms with van der Waals surface area (Å²) in [6, 6.07) is 8.16. The number of pyridine rings is 2. The molecular weight excluding hydrogens is 224 g/mol. The molecule has 3 rings (SSSR count). The Balaban J connectivity index is 1.80. The fraction of sp³-hybridized carbons (Fsp3) is 0.286. The first kappa shape index (κ1) is 11.2. The van der Waals surface area contributed by atoms with Gasteiger partial charge < -0.3 is 10.2 Å². The van der Waals surface area contributed by atoms with Crippen molar-refractivity contribution in [2.45, 2.75) is 0 Å². The number of nitrogens with zero attached hydrogens (tertiary/aromatic N) is 3. The van der Waals surface area contributed by atoms with E-state index in [0.29, 0.717) is 0 Å². The van der Waals surface area contributed by atoms with Crippen molar-refractivity contribution >= 4 is 5.69 Å². The normalized spacial score (nSPS) is 15.7. The molecule has 1 saturated heterocycles. The molecule has 0 aliphatic carbocycles. The summed E-state index contributed by atoms with van der Waals surface area (Å²) >= 11 is 0. The number of hydrogen-bond acceptors (Lipinski definition) is 4. The topological polar surface area (TPSA) is 41.1 Å². The molecule has 0 saturated carbocycles. The standard InChI is InChI=1S/C14H16N4/c1-2-12(10-16-5-1)14-4-3-13(11-17-14)18-8-6-15-7-9-18/h1-5,10-11,15H,6-9H2. The fourth-order valence-corrected chi connectivity index (χ4v) is 2.18. The van der Waals surface area contributed by atoms with Gasteiger partial charge in [-0.25, -0.2) is 0 Å². The summed E-state index contributed by atoms with van der Waals surface area (Å²) in [5, 5.41) is 3.35. The molecule has 0 amide bonds. The fourth-order valence-electron chi connectivity index (χ4n) is 2.18. The molecule has 1 N–H and O–H groups in total. The van der Waals surface area contributed by atoms with E-state index < -0.39 is 0 Å². The van der Waals surface area contributed by atoms with Gasteiger partial charge in [0, 0.05) is 44.1 Å². The predicted molar refractivity (Wildman–Crippen MR) is 72.6 cm³/mol. The lowest BCUT2D eigenvalue weighted by atomic mass is 10.2. The van der Waals surface area contributed by atoms with Crippen LogP contribution < -0.4 is 10.2 Å². The zero-order valence-corrected chi connectivity index (χ0v) is 10.2. The van der Waals surface area contributed by atoms with Crippen LogP contribution in [0, 0.1) is 0 Å². The molecule has 1 fully saturated rings. The van der Waals surface area contributed by atoms with Gasteiger partial charge in [0.2, 0.25) is 0 Å². The average molecular weight is 240 g/mol. The van der Waals surface area contributed by atoms with Crippen LogP contribution in [-0.4, -0.2) is 36.1 Å². The van der Waals surface area contributed by atoms with Crippen LogP contribution in [0.4, 0.5) is 5.69 Å². The van der Waals surface area contributed by atoms with Gasteiger partial charge in [0.05, 0.1) is 17.6 Å². The van der Waals surface area contributed by atoms with E-state index in [1.165, 1.54) is 5.69 Å². The van der Waals surface area contributed by atoms with Gasteiger partial charge in [0.25, 0.3) is 0 Å². The molecule has 2 aromatic heterocycles. The molecule has 0 atom stereocenters. The van der Waals surface area contributed by atoms with Gasteiger partial charge in [-0.05, 0) is 24.3 Å². The molecule has 1 aliphatic rings. The summed E-state index contributed by atoms with van der Waals surface area (Å²) in [5.74, 6) is 0. The zero-order valence-electron chi connectivity index (χ0n) is 10.2. The van der Waals surface area contributed by atoms with Crippen LogP contribution in [0.3, 0.4) is 0 Å². The van der Waals surface area contributed by atoms with Crippen LogP contribution >= 0.6 is 0 Å². The first-order chi connectivity index (χ1) is 8.93. The molecule has 92 valence electrons. The molecule has 4 heteroatoms. The lowest BCUT2D eigenvalue weighted by molar-refractivity contribution is 0.589. The first-order valence-electron chi connectivity index (χ1n) is 6.25. The van der Waals surface area contributed by atoms with Crippen molar-refractivity contribution in [3.63, 3.8) is 0 Å². The predicted octanol–water partition coefficient (Wildman–Crippen LogP) is 1.55. The second-order valence-corrected chi connectivity index (χ2v) is 4.38. The maximum Gasteiger partial charge on any atom is 0.0719 e. The Labute approximate surface area is 107 Å². The molecule has 0 spiro atoms. The average Bonchev–Trinajstić information content (AvgIpc) is 2.49. The Morgan fingerprint density at radius 1 is 1.06 bits per heavy atom. The lowest BCUT2D eigenvalue weighted by Gasteiger charge is -2.29. The first-order valence-corrected chi connectivity index (χ1v) is 6.25. The minimum Gasteiger partial charge on any atom is -0.368 e. The van der Waals surface area contributed by atoms with Gasteiger partial charge >= 0.3 is 0 Å². The van der Waals surface area contributed by atoms with Gasteiger partial charge in [-0.2, -0.15) is 0 Å². The van der Waals surface area contributed by atoms with Crippen molar-refractivity contribution in [2.75, 3.05) is 31.1 Å². The number of aromatic nitrogens is 2. The maximum absolute atomic E-state index is 4.52. The molecule has 0 unspecified atom stereocenters. The Hall–Kier alpha value is -1.94. The van der Waals surface area contributed by atoms with Gasteiger partial charge in [0.1, 0.15) is 0 Å². The van der Waals surface area contributed by atoms with E-state index in [1.54, 1.807) is 6.20 Å². The third-order valence-corrected chi connectivity index (χ3v) is 3.19. The highest BCUT2D eigenvalue weighted by Gasteiger charge is 2.10. The Bertz CT molecular complexity index is 489. The number of hydrogen-bond donors (Lipinski definition) is 1. The summed E-state index contributed by atoms with van der Waals surface area (Å²) in [4.78, 5) is 11.0. The van der Waals surface area contributed by atoms with E-state index in [2.05, 4.69) is 32.3 Å². The summed E-state index contributed by atoms with van der Waals surface area (Å²) in [6.07, 6.45) is 5.57. The highest BCUT2D eigenvalue weighted by Crippen LogP contribution is 2.19. The van der Waals surface area contributed by atoms with Gasteiger partial charge in [-0.3, -0.25) is 9.97 Å². The second-order valence-electron chi connectivity index (χ2n) is 4.38. The zero-order chi connectivity index (χ0) is 12.2. The molecule has 0 radical (unpaired) electrons. The number of anilines is 1. The summed E-state index contributed by atoms with van der Waals surface area (Å²) in [5.41, 5.74) is 3.23. The molecule has 2 aromatic rings. The van der Waals surface area contributed by atoms with Crippen LogP contribution in [-0.2, 0) is 0 Å². The van der Waals surface area contributed by atoms with Gasteiger partial charge in [-0.1, -0.05) is 0 Å². The molecule has 1 aliphatic heterocycles. The summed E-state index contributed by atoms with van der Waals surface area (Å²) in [6.45, 7) is 4.19. The minimum absolute atomic E-state index is 0.974. The van der Waals surface area contributed by atoms with Crippen molar-refractivity contribution in [3.05, 3.63) is 42.9 Å². The van der Waals surface area contributed by atoms with Gasteiger partial charge in [0.15, 0.2) is 0 Å². The third kappa shape index (κ3) is 2.33. The van der Waals surface area contributed by atoms with Crippen molar-refractivity contribution in [1.29, 1.82) is 0 Å². The number of rotatable bonds is 2. The van der Waals surface area contributed by atoms with E-state index in [0.717, 1.165) is 37.4 Å². The monoisotopic (exact) mass is 240 g/mol. The van der Waals surface area contributed by atoms with Crippen molar-refractivity contribution < 1.29 is 0 Å². The Morgan fingerprint density at radius 3 is 2.61 bits per heavy atom. The molecular formula is C14H16N4. The summed E-state index contributed by atoms with van der Waals surface area (Å²) < 4.78 is 0. The van der Waals surface area contributed by atoms with E-state index in [4.69, 9.17) is 0 Å². The largest absolute Gasteiger partial charge is 0.368 e. The quantitative estimate of drug-likeness (QED) is 0.864. The third-order valence-electron chi connectivity index (χ3n) is 3.19. The number of piperazine rings is 1. The van der Waals surface area contributed by atoms with E-state index in [-0.39, 0.29) is 0 Å². The van der Waals surface area contributed by atoms with E-state index in [1.807, 2.05) is 24.5 Å². The molecule has 18 heavy (non-hydrogen) atoms. The van der Waals surface area contributed by atoms with Crippen molar-refractivity contribution in [2.24, 2.45) is 0 Å². The lowest BCUT2D eigenvalue weighted by Crippen LogP contribution is -2.43. The van der Waals surface area contributed by atoms with Crippen LogP contribution in [0.25, 0.3) is 11.3 Å². The summed E-state index contributed by atoms with van der Waals surface area (Å²) in [7, 11) is 0. The molecule has 0 aromatic carbocycles. The molecule has 0 bridgehead atoms. The smallest absolute Gasteiger partial charge is 0.0719 e. The van der Waals surface area contributed by atoms with Crippen molar-refractivity contribution in [1.82, 2.24) is 15.3 Å². The van der Waals surface area contributed by atoms with Crippen LogP contribution in [0.15, 0.2) is 42.9 Å². The highest BCUT2D eigenvalue weighted by atomic mass is 15.2. The highest BCUT2D eigenvalue weighted by molar-refractivity contribution is 5.60. The minimum atomic E-state index is 0.974. The Kier molecular flexibility index (Phi) is 3.19. The Morgan fingerprint density at radius 2 is 1.94 bits per heavy atom. The van der Waals surface area contributed by atoms with E-state index in [9.17, 15) is 0 Å². The van der Waals surface area contributed by atoms with Crippen LogP contribution in [0.1, 0.15) is 0 Å². The van der Waals surface area contributed by atoms with Crippen LogP contribution in [0.2, 0.25) is 0 Å². The number of nitrogens with one attached hydrogen (secondary N) is 1. The van der Waals surface area contributed by atoms with Crippen molar-refractivity contribution in [3.8, 4) is 11.3 Å². The maximum atomic E-state index is 4.52.